The summed E-state index contributed by atoms with van der Waals surface area (Å²) in [4.78, 5) is 38.8. The first-order valence-electron chi connectivity index (χ1n) is 8.21. The second kappa shape index (κ2) is 9.70. The van der Waals surface area contributed by atoms with Crippen molar-refractivity contribution in [3.05, 3.63) is 37.6 Å². The van der Waals surface area contributed by atoms with Gasteiger partial charge in [-0.15, -0.1) is 0 Å². The van der Waals surface area contributed by atoms with E-state index in [0.717, 1.165) is 12.8 Å². The maximum atomic E-state index is 12.0. The third-order valence-electron chi connectivity index (χ3n) is 3.84. The van der Waals surface area contributed by atoms with Crippen LogP contribution in [-0.2, 0) is 14.2 Å². The van der Waals surface area contributed by atoms with Gasteiger partial charge in [0.2, 0.25) is 0 Å². The van der Waals surface area contributed by atoms with Crippen LogP contribution in [0.5, 0.6) is 0 Å². The van der Waals surface area contributed by atoms with Crippen molar-refractivity contribution < 1.29 is 24.1 Å². The third-order valence-corrected chi connectivity index (χ3v) is 4.10. The van der Waals surface area contributed by atoms with Crippen molar-refractivity contribution in [3.63, 3.8) is 0 Å². The molecule has 0 saturated carbocycles. The number of nitrogens with one attached hydrogen (secondary N) is 1. The summed E-state index contributed by atoms with van der Waals surface area (Å²) in [5.41, 5.74) is -0.937. The first-order valence-corrected chi connectivity index (χ1v) is 9.13. The minimum absolute atomic E-state index is 0.113. The standard InChI is InChI=1S/C16H21BrN2O7/c1-2-3-6-24-16(23)25-9-12-11(20)7-13(26-12)19-8-10(4-5-17)14(21)18-15(19)22/h4-5,8,11-13,20H,2-3,6-7,9H2,1H3,(H,18,21,22)/b5-4+/t11-,12+,13+/m0/s1. The third kappa shape index (κ3) is 5.29. The molecule has 9 nitrogen and oxygen atoms in total. The van der Waals surface area contributed by atoms with Gasteiger partial charge in [0.1, 0.15) is 18.9 Å². The van der Waals surface area contributed by atoms with E-state index >= 15 is 0 Å². The number of aromatic nitrogens is 2. The van der Waals surface area contributed by atoms with E-state index in [0.29, 0.717) is 0 Å². The monoisotopic (exact) mass is 432 g/mol. The zero-order valence-corrected chi connectivity index (χ0v) is 15.8. The van der Waals surface area contributed by atoms with Gasteiger partial charge in [-0.2, -0.15) is 0 Å². The predicted octanol–water partition coefficient (Wildman–Crippen LogP) is 1.50. The molecule has 2 N–H and O–H groups in total. The molecule has 1 aliphatic heterocycles. The van der Waals surface area contributed by atoms with E-state index in [9.17, 15) is 19.5 Å². The van der Waals surface area contributed by atoms with E-state index in [2.05, 4.69) is 20.9 Å². The number of halogens is 1. The normalized spacial score (nSPS) is 22.7. The predicted molar refractivity (Wildman–Crippen MR) is 96.0 cm³/mol. The summed E-state index contributed by atoms with van der Waals surface area (Å²) in [6, 6.07) is 0. The zero-order valence-electron chi connectivity index (χ0n) is 14.2. The number of rotatable bonds is 7. The highest BCUT2D eigenvalue weighted by Gasteiger charge is 2.36. The molecule has 2 heterocycles. The van der Waals surface area contributed by atoms with E-state index in [4.69, 9.17) is 14.2 Å². The number of nitrogens with zero attached hydrogens (tertiary/aromatic N) is 1. The van der Waals surface area contributed by atoms with Crippen LogP contribution in [0.3, 0.4) is 0 Å². The number of hydrogen-bond acceptors (Lipinski definition) is 7. The zero-order chi connectivity index (χ0) is 19.1. The number of unbranched alkanes of at least 4 members (excludes halogenated alkanes) is 1. The number of aliphatic hydroxyl groups is 1. The molecule has 144 valence electrons. The minimum atomic E-state index is -0.933. The summed E-state index contributed by atoms with van der Waals surface area (Å²) in [5.74, 6) is 0. The van der Waals surface area contributed by atoms with E-state index < -0.39 is 35.8 Å². The molecular weight excluding hydrogens is 412 g/mol. The fraction of sp³-hybridized carbons (Fsp3) is 0.562. The lowest BCUT2D eigenvalue weighted by Gasteiger charge is -2.16. The van der Waals surface area contributed by atoms with Crippen molar-refractivity contribution in [1.82, 2.24) is 9.55 Å². The number of carbonyl (C=O) groups excluding carboxylic acids is 1. The number of aromatic amines is 1. The van der Waals surface area contributed by atoms with Crippen LogP contribution in [0.2, 0.25) is 0 Å². The molecule has 0 bridgehead atoms. The first-order chi connectivity index (χ1) is 12.5. The summed E-state index contributed by atoms with van der Waals surface area (Å²) >= 11 is 3.07. The van der Waals surface area contributed by atoms with Gasteiger partial charge < -0.3 is 19.3 Å². The lowest BCUT2D eigenvalue weighted by molar-refractivity contribution is -0.0588. The fourth-order valence-electron chi connectivity index (χ4n) is 2.43. The highest BCUT2D eigenvalue weighted by molar-refractivity contribution is 9.11. The molecule has 1 aliphatic rings. The van der Waals surface area contributed by atoms with Crippen molar-refractivity contribution in [2.45, 2.75) is 44.6 Å². The number of H-pyrrole nitrogens is 1. The first kappa shape index (κ1) is 20.4. The van der Waals surface area contributed by atoms with Crippen LogP contribution in [-0.4, -0.2) is 46.2 Å². The van der Waals surface area contributed by atoms with Crippen LogP contribution in [0.15, 0.2) is 20.8 Å². The molecule has 0 amide bonds. The number of ether oxygens (including phenoxy) is 3. The lowest BCUT2D eigenvalue weighted by Crippen LogP contribution is -2.33. The molecule has 0 aliphatic carbocycles. The highest BCUT2D eigenvalue weighted by atomic mass is 79.9. The van der Waals surface area contributed by atoms with Crippen molar-refractivity contribution in [2.24, 2.45) is 0 Å². The van der Waals surface area contributed by atoms with Gasteiger partial charge in [-0.25, -0.2) is 9.59 Å². The Morgan fingerprint density at radius 3 is 2.96 bits per heavy atom. The van der Waals surface area contributed by atoms with Gasteiger partial charge in [-0.1, -0.05) is 29.3 Å². The van der Waals surface area contributed by atoms with Crippen LogP contribution < -0.4 is 11.2 Å². The summed E-state index contributed by atoms with van der Waals surface area (Å²) in [7, 11) is 0. The molecule has 2 rings (SSSR count). The van der Waals surface area contributed by atoms with E-state index in [1.54, 1.807) is 0 Å². The van der Waals surface area contributed by atoms with Crippen molar-refractivity contribution >= 4 is 28.2 Å². The number of aliphatic hydroxyl groups excluding tert-OH is 1. The molecule has 1 aromatic rings. The van der Waals surface area contributed by atoms with Crippen molar-refractivity contribution in [2.75, 3.05) is 13.2 Å². The number of hydrogen-bond donors (Lipinski definition) is 2. The van der Waals surface area contributed by atoms with E-state index in [-0.39, 0.29) is 25.2 Å². The molecule has 0 unspecified atom stereocenters. The van der Waals surface area contributed by atoms with Gasteiger partial charge in [0.15, 0.2) is 0 Å². The summed E-state index contributed by atoms with van der Waals surface area (Å²) < 4.78 is 16.6. The lowest BCUT2D eigenvalue weighted by atomic mass is 10.2. The maximum absolute atomic E-state index is 12.0. The molecule has 1 fully saturated rings. The molecular formula is C16H21BrN2O7. The molecule has 0 spiro atoms. The SMILES string of the molecule is CCCCOC(=O)OC[C@H]1O[C@@H](n2cc(/C=C/Br)c(=O)[nH]c2=O)C[C@@H]1O. The maximum Gasteiger partial charge on any atom is 0.508 e. The van der Waals surface area contributed by atoms with Crippen molar-refractivity contribution in [3.8, 4) is 0 Å². The Labute approximate surface area is 157 Å². The van der Waals surface area contributed by atoms with Crippen LogP contribution in [0.4, 0.5) is 4.79 Å². The Hall–Kier alpha value is -1.91. The van der Waals surface area contributed by atoms with Gasteiger partial charge >= 0.3 is 11.8 Å². The Kier molecular flexibility index (Phi) is 7.61. The van der Waals surface area contributed by atoms with E-state index in [1.165, 1.54) is 21.8 Å². The van der Waals surface area contributed by atoms with Gasteiger partial charge in [-0.05, 0) is 17.5 Å². The van der Waals surface area contributed by atoms with E-state index in [1.807, 2.05) is 6.92 Å². The molecule has 3 atom stereocenters. The summed E-state index contributed by atoms with van der Waals surface area (Å²) in [5, 5.41) is 10.1. The van der Waals surface area contributed by atoms with Crippen LogP contribution in [0.1, 0.15) is 38.0 Å². The Morgan fingerprint density at radius 2 is 2.27 bits per heavy atom. The molecule has 1 saturated heterocycles. The van der Waals surface area contributed by atoms with Crippen LogP contribution in [0.25, 0.3) is 6.08 Å². The summed E-state index contributed by atoms with van der Waals surface area (Å²) in [6.45, 7) is 2.03. The number of carbonyl (C=O) groups is 1. The van der Waals surface area contributed by atoms with Gasteiger partial charge in [0.05, 0.1) is 18.3 Å². The smallest absolute Gasteiger partial charge is 0.434 e. The Bertz CT molecular complexity index is 758. The molecule has 10 heteroatoms. The second-order valence-corrected chi connectivity index (χ2v) is 6.27. The molecule has 26 heavy (non-hydrogen) atoms. The van der Waals surface area contributed by atoms with Gasteiger partial charge in [0, 0.05) is 12.6 Å². The molecule has 0 radical (unpaired) electrons. The Morgan fingerprint density at radius 1 is 1.50 bits per heavy atom. The van der Waals surface area contributed by atoms with Gasteiger partial charge in [-0.3, -0.25) is 14.3 Å². The topological polar surface area (TPSA) is 120 Å². The fourth-order valence-corrected chi connectivity index (χ4v) is 2.71. The summed E-state index contributed by atoms with van der Waals surface area (Å²) in [6.07, 6.45) is 1.21. The largest absolute Gasteiger partial charge is 0.508 e. The second-order valence-electron chi connectivity index (χ2n) is 5.74. The van der Waals surface area contributed by atoms with Crippen LogP contribution >= 0.6 is 15.9 Å². The molecule has 1 aromatic heterocycles. The van der Waals surface area contributed by atoms with Crippen molar-refractivity contribution in [1.29, 1.82) is 0 Å². The highest BCUT2D eigenvalue weighted by Crippen LogP contribution is 2.28. The minimum Gasteiger partial charge on any atom is -0.434 e. The quantitative estimate of drug-likeness (QED) is 0.494. The van der Waals surface area contributed by atoms with Gasteiger partial charge in [0.25, 0.3) is 5.56 Å². The average Bonchev–Trinajstić information content (AvgIpc) is 2.96. The average molecular weight is 433 g/mol. The van der Waals surface area contributed by atoms with Crippen LogP contribution in [0, 0.1) is 0 Å². The Balaban J connectivity index is 2.00. The molecule has 0 aromatic carbocycles.